The molecule has 0 bridgehead atoms. The van der Waals surface area contributed by atoms with Crippen LogP contribution in [0.1, 0.15) is 57.1 Å². The third-order valence-corrected chi connectivity index (χ3v) is 7.92. The highest BCUT2D eigenvalue weighted by molar-refractivity contribution is 6.17. The lowest BCUT2D eigenvalue weighted by Gasteiger charge is -2.51. The predicted molar refractivity (Wildman–Crippen MR) is 140 cm³/mol. The van der Waals surface area contributed by atoms with E-state index in [4.69, 9.17) is 21.1 Å². The summed E-state index contributed by atoms with van der Waals surface area (Å²) < 4.78 is 17.3. The number of esters is 1. The van der Waals surface area contributed by atoms with E-state index in [0.29, 0.717) is 12.1 Å². The first-order valence-corrected chi connectivity index (χ1v) is 13.4. The number of hydrogen-bond donors (Lipinski definition) is 0. The maximum absolute atomic E-state index is 13.9. The molecule has 2 aromatic rings. The van der Waals surface area contributed by atoms with Crippen molar-refractivity contribution in [2.75, 3.05) is 26.3 Å². The van der Waals surface area contributed by atoms with Crippen molar-refractivity contribution in [3.05, 3.63) is 71.8 Å². The first-order valence-electron chi connectivity index (χ1n) is 12.5. The molecule has 3 atom stereocenters. The first-order chi connectivity index (χ1) is 17.0. The number of alkyl halides is 1. The average molecular weight is 524 g/mol. The number of quaternary nitrogens is 1. The molecular formula is C28H38Cl2NO4+. The predicted octanol–water partition coefficient (Wildman–Crippen LogP) is 6.41. The second-order valence-electron chi connectivity index (χ2n) is 9.49. The number of carbonyl (C=O) groups is 1. The maximum Gasteiger partial charge on any atom is 0.348 e. The van der Waals surface area contributed by atoms with Gasteiger partial charge in [0.25, 0.3) is 0 Å². The zero-order valence-corrected chi connectivity index (χ0v) is 22.5. The van der Waals surface area contributed by atoms with Crippen LogP contribution in [0.3, 0.4) is 0 Å². The van der Waals surface area contributed by atoms with Crippen molar-refractivity contribution < 1.29 is 23.0 Å². The topological polar surface area (TPSA) is 44.8 Å². The van der Waals surface area contributed by atoms with Crippen LogP contribution in [0.2, 0.25) is 0 Å². The van der Waals surface area contributed by atoms with Crippen LogP contribution < -0.4 is 0 Å². The van der Waals surface area contributed by atoms with E-state index in [2.05, 4.69) is 30.0 Å². The molecule has 5 nitrogen and oxygen atoms in total. The Labute approximate surface area is 220 Å². The number of halogens is 2. The zero-order valence-electron chi connectivity index (χ0n) is 21.0. The van der Waals surface area contributed by atoms with Crippen molar-refractivity contribution in [1.29, 1.82) is 0 Å². The highest BCUT2D eigenvalue weighted by Gasteiger charge is 2.51. The van der Waals surface area contributed by atoms with Gasteiger partial charge in [-0.2, -0.15) is 0 Å². The minimum Gasteiger partial charge on any atom is -0.459 e. The Hall–Kier alpha value is -1.63. The second-order valence-corrected chi connectivity index (χ2v) is 10.0. The number of ether oxygens (including phenoxy) is 2. The van der Waals surface area contributed by atoms with Gasteiger partial charge in [0.15, 0.2) is 0 Å². The van der Waals surface area contributed by atoms with Crippen LogP contribution in [0.5, 0.6) is 0 Å². The lowest BCUT2D eigenvalue weighted by molar-refractivity contribution is -0.967. The third-order valence-electron chi connectivity index (χ3n) is 7.81. The van der Waals surface area contributed by atoms with Crippen molar-refractivity contribution in [3.8, 4) is 0 Å². The Morgan fingerprint density at radius 1 is 1.00 bits per heavy atom. The summed E-state index contributed by atoms with van der Waals surface area (Å²) in [5.41, 5.74) is 0.0821. The number of benzene rings is 2. The summed E-state index contributed by atoms with van der Waals surface area (Å²) in [6.45, 7) is 7.13. The van der Waals surface area contributed by atoms with Crippen molar-refractivity contribution >= 4 is 29.4 Å². The molecule has 192 valence electrons. The van der Waals surface area contributed by atoms with E-state index >= 15 is 0 Å². The molecule has 3 unspecified atom stereocenters. The molecule has 0 saturated carbocycles. The van der Waals surface area contributed by atoms with E-state index in [1.54, 1.807) is 0 Å². The quantitative estimate of drug-likeness (QED) is 0.239. The molecule has 0 aliphatic carbocycles. The molecule has 0 N–H and O–H groups in total. The first kappa shape index (κ1) is 27.9. The van der Waals surface area contributed by atoms with E-state index in [1.807, 2.05) is 60.7 Å². The Balaban J connectivity index is 0.00000108. The fourth-order valence-electron chi connectivity index (χ4n) is 6.21. The summed E-state index contributed by atoms with van der Waals surface area (Å²) in [6, 6.07) is 20.0. The summed E-state index contributed by atoms with van der Waals surface area (Å²) >= 11 is 10.6. The largest absolute Gasteiger partial charge is 0.459 e. The number of nitrogens with zero attached hydrogens (tertiary/aromatic N) is 1. The number of carbonyl (C=O) groups excluding carboxylic acids is 1. The lowest BCUT2D eigenvalue weighted by Crippen LogP contribution is -2.63. The van der Waals surface area contributed by atoms with Gasteiger partial charge in [0, 0.05) is 25.7 Å². The summed E-state index contributed by atoms with van der Waals surface area (Å²) in [5, 5.41) is 0. The summed E-state index contributed by atoms with van der Waals surface area (Å²) in [4.78, 5) is 13.9. The van der Waals surface area contributed by atoms with E-state index < -0.39 is 5.60 Å². The molecule has 1 spiro atoms. The van der Waals surface area contributed by atoms with Crippen LogP contribution in [-0.4, -0.2) is 54.9 Å². The molecule has 0 amide bonds. The fraction of sp³-hybridized carbons (Fsp3) is 0.536. The van der Waals surface area contributed by atoms with Gasteiger partial charge in [-0.05, 0) is 24.5 Å². The normalized spacial score (nSPS) is 23.4. The fourth-order valence-corrected chi connectivity index (χ4v) is 6.37. The average Bonchev–Trinajstić information content (AvgIpc) is 3.37. The van der Waals surface area contributed by atoms with Crippen molar-refractivity contribution in [2.24, 2.45) is 0 Å². The van der Waals surface area contributed by atoms with Gasteiger partial charge in [-0.15, -0.1) is 0 Å². The SMILES string of the molecule is CCC1CC(OC(=O)C(OCCl)(c2ccccc2)c2ccccc2)CC(C)[N+]12CCCC2.COCl. The molecular weight excluding hydrogens is 485 g/mol. The number of piperidine rings is 1. The van der Waals surface area contributed by atoms with Crippen molar-refractivity contribution in [1.82, 2.24) is 0 Å². The minimum absolute atomic E-state index is 0.113. The van der Waals surface area contributed by atoms with Crippen LogP contribution in [0, 0.1) is 0 Å². The van der Waals surface area contributed by atoms with Crippen LogP contribution >= 0.6 is 23.5 Å². The third kappa shape index (κ3) is 5.86. The van der Waals surface area contributed by atoms with Gasteiger partial charge < -0.3 is 14.0 Å². The minimum atomic E-state index is -1.38. The van der Waals surface area contributed by atoms with E-state index in [1.165, 1.54) is 37.5 Å². The van der Waals surface area contributed by atoms with E-state index in [0.717, 1.165) is 30.4 Å². The van der Waals surface area contributed by atoms with Gasteiger partial charge in [0.1, 0.15) is 12.2 Å². The van der Waals surface area contributed by atoms with Crippen molar-refractivity contribution in [3.63, 3.8) is 0 Å². The van der Waals surface area contributed by atoms with Crippen LogP contribution in [0.4, 0.5) is 0 Å². The van der Waals surface area contributed by atoms with Gasteiger partial charge in [0.05, 0.1) is 44.1 Å². The molecule has 2 aliphatic heterocycles. The molecule has 2 saturated heterocycles. The molecule has 2 aromatic carbocycles. The molecule has 2 aliphatic rings. The Bertz CT molecular complexity index is 866. The molecule has 0 aromatic heterocycles. The Morgan fingerprint density at radius 3 is 1.97 bits per heavy atom. The highest BCUT2D eigenvalue weighted by atomic mass is 35.5. The van der Waals surface area contributed by atoms with Gasteiger partial charge >= 0.3 is 5.97 Å². The Kier molecular flexibility index (Phi) is 10.4. The molecule has 2 fully saturated rings. The standard InChI is InChI=1S/C27H35ClNO3.CH3ClO/c1-3-24-19-25(18-21(2)29(24)16-10-11-17-29)32-26(30)27(31-20-28,22-12-6-4-7-13-22)23-14-8-5-9-15-23;1-3-2/h4-9,12-15,21,24-25H,3,10-11,16-20H2,1-2H3;1H3/q+1;. The van der Waals surface area contributed by atoms with E-state index in [-0.39, 0.29) is 18.1 Å². The molecule has 2 heterocycles. The summed E-state index contributed by atoms with van der Waals surface area (Å²) in [5.74, 6) is -0.377. The zero-order chi connectivity index (χ0) is 25.3. The van der Waals surface area contributed by atoms with Gasteiger partial charge in [-0.1, -0.05) is 79.2 Å². The Morgan fingerprint density at radius 2 is 1.51 bits per heavy atom. The lowest BCUT2D eigenvalue weighted by atomic mass is 9.85. The maximum atomic E-state index is 13.9. The second kappa shape index (κ2) is 13.1. The van der Waals surface area contributed by atoms with Gasteiger partial charge in [-0.25, -0.2) is 4.79 Å². The van der Waals surface area contributed by atoms with Crippen molar-refractivity contribution in [2.45, 2.75) is 69.7 Å². The molecule has 7 heteroatoms. The van der Waals surface area contributed by atoms with Crippen LogP contribution in [0.25, 0.3) is 0 Å². The summed E-state index contributed by atoms with van der Waals surface area (Å²) in [7, 11) is 1.39. The molecule has 0 radical (unpaired) electrons. The molecule has 35 heavy (non-hydrogen) atoms. The highest BCUT2D eigenvalue weighted by Crippen LogP contribution is 2.41. The van der Waals surface area contributed by atoms with Crippen LogP contribution in [0.15, 0.2) is 60.7 Å². The van der Waals surface area contributed by atoms with E-state index in [9.17, 15) is 4.79 Å². The van der Waals surface area contributed by atoms with Gasteiger partial charge in [0.2, 0.25) is 5.60 Å². The smallest absolute Gasteiger partial charge is 0.348 e. The number of hydrogen-bond acceptors (Lipinski definition) is 4. The molecule has 4 rings (SSSR count). The van der Waals surface area contributed by atoms with Gasteiger partial charge in [-0.3, -0.25) is 4.29 Å². The number of rotatable bonds is 7. The van der Waals surface area contributed by atoms with Crippen LogP contribution in [-0.2, 0) is 24.2 Å². The monoisotopic (exact) mass is 522 g/mol. The summed E-state index contributed by atoms with van der Waals surface area (Å²) in [6.07, 6.45) is 5.41.